The summed E-state index contributed by atoms with van der Waals surface area (Å²) in [4.78, 5) is 37.4. The Morgan fingerprint density at radius 1 is 1.12 bits per heavy atom. The summed E-state index contributed by atoms with van der Waals surface area (Å²) in [6, 6.07) is 2.77. The molecule has 4 saturated carbocycles. The Labute approximate surface area is 185 Å². The Balaban J connectivity index is 1.19. The van der Waals surface area contributed by atoms with Crippen molar-refractivity contribution in [3.05, 3.63) is 35.4 Å². The van der Waals surface area contributed by atoms with E-state index in [2.05, 4.69) is 10.1 Å². The molecule has 1 aromatic carbocycles. The summed E-state index contributed by atoms with van der Waals surface area (Å²) in [6.45, 7) is -0.602. The van der Waals surface area contributed by atoms with Crippen molar-refractivity contribution in [2.75, 3.05) is 13.2 Å². The van der Waals surface area contributed by atoms with Gasteiger partial charge in [-0.25, -0.2) is 8.78 Å². The maximum atomic E-state index is 13.4. The number of alkyl halides is 3. The molecule has 4 aliphatic rings. The zero-order valence-electron chi connectivity index (χ0n) is 17.3. The number of amides is 2. The minimum atomic E-state index is -4.69. The molecule has 0 atom stereocenters. The van der Waals surface area contributed by atoms with Crippen molar-refractivity contribution in [3.8, 4) is 0 Å². The van der Waals surface area contributed by atoms with Gasteiger partial charge in [0.25, 0.3) is 0 Å². The normalized spacial score (nSPS) is 29.8. The highest BCUT2D eigenvalue weighted by atomic mass is 19.4. The van der Waals surface area contributed by atoms with Crippen LogP contribution < -0.4 is 5.32 Å². The fraction of sp³-hybridized carbons (Fsp3) is 0.571. The van der Waals surface area contributed by atoms with Gasteiger partial charge in [0.2, 0.25) is 12.3 Å². The SMILES string of the molecule is O=CN(CC(=O)c1ccc(F)c(F)c1)C12CC(NC(=O)COC3CC(OC(F)(F)F)C3)(C1)C2. The molecule has 4 aliphatic carbocycles. The molecule has 1 aromatic rings. The van der Waals surface area contributed by atoms with Crippen LogP contribution in [0.3, 0.4) is 0 Å². The molecule has 2 amide bonds. The lowest BCUT2D eigenvalue weighted by atomic mass is 9.43. The maximum absolute atomic E-state index is 13.4. The van der Waals surface area contributed by atoms with Crippen molar-refractivity contribution in [1.29, 1.82) is 0 Å². The third-order valence-electron chi connectivity index (χ3n) is 6.50. The first-order valence-corrected chi connectivity index (χ1v) is 10.3. The number of benzene rings is 1. The number of hydrogen-bond acceptors (Lipinski definition) is 5. The van der Waals surface area contributed by atoms with E-state index in [1.165, 1.54) is 4.90 Å². The lowest BCUT2D eigenvalue weighted by Gasteiger charge is -2.72. The Kier molecular flexibility index (Phi) is 5.94. The standard InChI is InChI=1S/C21H21F5N2O5/c22-15-2-1-12(3-16(15)23)17(30)6-28(11-29)20-8-19(9-20,10-20)27-18(31)7-32-13-4-14(5-13)33-21(24,25)26/h1-3,11,13-14H,4-10H2,(H,27,31). The van der Waals surface area contributed by atoms with Gasteiger partial charge in [0.15, 0.2) is 17.4 Å². The quantitative estimate of drug-likeness (QED) is 0.319. The van der Waals surface area contributed by atoms with Crippen LogP contribution in [0.25, 0.3) is 0 Å². The van der Waals surface area contributed by atoms with Crippen LogP contribution in [0.5, 0.6) is 0 Å². The van der Waals surface area contributed by atoms with Crippen LogP contribution in [0.15, 0.2) is 18.2 Å². The summed E-state index contributed by atoms with van der Waals surface area (Å²) in [6.07, 6.45) is -4.19. The van der Waals surface area contributed by atoms with Crippen molar-refractivity contribution < 1.29 is 45.8 Å². The lowest BCUT2D eigenvalue weighted by molar-refractivity contribution is -0.357. The third kappa shape index (κ3) is 4.86. The topological polar surface area (TPSA) is 84.9 Å². The molecule has 7 nitrogen and oxygen atoms in total. The van der Waals surface area contributed by atoms with E-state index in [-0.39, 0.29) is 31.6 Å². The van der Waals surface area contributed by atoms with Crippen molar-refractivity contribution >= 4 is 18.1 Å². The van der Waals surface area contributed by atoms with E-state index in [0.29, 0.717) is 25.7 Å². The Morgan fingerprint density at radius 3 is 2.36 bits per heavy atom. The summed E-state index contributed by atoms with van der Waals surface area (Å²) >= 11 is 0. The molecule has 0 radical (unpaired) electrons. The monoisotopic (exact) mass is 476 g/mol. The number of Topliss-reactive ketones (excluding diaryl/α,β-unsaturated/α-hetero) is 1. The van der Waals surface area contributed by atoms with E-state index >= 15 is 0 Å². The van der Waals surface area contributed by atoms with Crippen molar-refractivity contribution in [2.24, 2.45) is 0 Å². The molecule has 12 heteroatoms. The summed E-state index contributed by atoms with van der Waals surface area (Å²) in [7, 11) is 0. The fourth-order valence-corrected chi connectivity index (χ4v) is 4.87. The zero-order valence-corrected chi connectivity index (χ0v) is 17.3. The predicted octanol–water partition coefficient (Wildman–Crippen LogP) is 2.48. The number of nitrogens with zero attached hydrogens (tertiary/aromatic N) is 1. The average Bonchev–Trinajstić information content (AvgIpc) is 2.64. The molecule has 0 saturated heterocycles. The lowest BCUT2D eigenvalue weighted by Crippen LogP contribution is -2.84. The molecule has 0 spiro atoms. The van der Waals surface area contributed by atoms with Crippen LogP contribution >= 0.6 is 0 Å². The summed E-state index contributed by atoms with van der Waals surface area (Å²) in [5.74, 6) is -3.19. The molecular formula is C21H21F5N2O5. The van der Waals surface area contributed by atoms with E-state index in [1.54, 1.807) is 0 Å². The van der Waals surface area contributed by atoms with Crippen molar-refractivity contribution in [3.63, 3.8) is 0 Å². The smallest absolute Gasteiger partial charge is 0.368 e. The number of hydrogen-bond donors (Lipinski definition) is 1. The predicted molar refractivity (Wildman–Crippen MR) is 101 cm³/mol. The number of nitrogens with one attached hydrogen (secondary N) is 1. The highest BCUT2D eigenvalue weighted by Gasteiger charge is 2.71. The van der Waals surface area contributed by atoms with Gasteiger partial charge in [-0.1, -0.05) is 0 Å². The number of rotatable bonds is 10. The summed E-state index contributed by atoms with van der Waals surface area (Å²) in [5, 5.41) is 2.82. The van der Waals surface area contributed by atoms with Gasteiger partial charge in [0.1, 0.15) is 6.61 Å². The van der Waals surface area contributed by atoms with Crippen LogP contribution in [0.1, 0.15) is 42.5 Å². The first kappa shape index (κ1) is 23.6. The van der Waals surface area contributed by atoms with Gasteiger partial charge < -0.3 is 15.0 Å². The van der Waals surface area contributed by atoms with Gasteiger partial charge in [-0.3, -0.25) is 19.1 Å². The Hall–Kier alpha value is -2.60. The molecular weight excluding hydrogens is 455 g/mol. The molecule has 0 aliphatic heterocycles. The van der Waals surface area contributed by atoms with Gasteiger partial charge >= 0.3 is 6.36 Å². The Morgan fingerprint density at radius 2 is 1.79 bits per heavy atom. The first-order chi connectivity index (χ1) is 15.4. The highest BCUT2D eigenvalue weighted by molar-refractivity contribution is 5.98. The molecule has 4 fully saturated rings. The molecule has 180 valence electrons. The van der Waals surface area contributed by atoms with E-state index in [1.807, 2.05) is 0 Å². The number of carbonyl (C=O) groups is 3. The maximum Gasteiger partial charge on any atom is 0.522 e. The van der Waals surface area contributed by atoms with Gasteiger partial charge in [-0.2, -0.15) is 0 Å². The van der Waals surface area contributed by atoms with Crippen LogP contribution in [0.2, 0.25) is 0 Å². The van der Waals surface area contributed by atoms with E-state index < -0.39 is 53.0 Å². The minimum Gasteiger partial charge on any atom is -0.368 e. The minimum absolute atomic E-state index is 0.0496. The van der Waals surface area contributed by atoms with Gasteiger partial charge in [-0.05, 0) is 37.5 Å². The molecule has 1 N–H and O–H groups in total. The number of ether oxygens (including phenoxy) is 2. The fourth-order valence-electron chi connectivity index (χ4n) is 4.87. The molecule has 0 unspecified atom stereocenters. The Bertz CT molecular complexity index is 943. The van der Waals surface area contributed by atoms with E-state index in [4.69, 9.17) is 4.74 Å². The van der Waals surface area contributed by atoms with Gasteiger partial charge in [-0.15, -0.1) is 13.2 Å². The second kappa shape index (κ2) is 8.32. The third-order valence-corrected chi connectivity index (χ3v) is 6.50. The zero-order chi connectivity index (χ0) is 24.0. The van der Waals surface area contributed by atoms with Crippen LogP contribution in [0.4, 0.5) is 22.0 Å². The van der Waals surface area contributed by atoms with Crippen LogP contribution in [-0.2, 0) is 19.1 Å². The molecule has 0 aromatic heterocycles. The van der Waals surface area contributed by atoms with E-state index in [9.17, 15) is 36.3 Å². The largest absolute Gasteiger partial charge is 0.522 e. The molecule has 5 rings (SSSR count). The number of carbonyl (C=O) groups excluding carboxylic acids is 3. The van der Waals surface area contributed by atoms with Gasteiger partial charge in [0, 0.05) is 29.5 Å². The van der Waals surface area contributed by atoms with E-state index in [0.717, 1.165) is 18.2 Å². The van der Waals surface area contributed by atoms with Crippen molar-refractivity contribution in [1.82, 2.24) is 10.2 Å². The summed E-state index contributed by atoms with van der Waals surface area (Å²) < 4.78 is 71.9. The average molecular weight is 476 g/mol. The molecule has 0 heterocycles. The number of halogens is 5. The second-order valence-electron chi connectivity index (χ2n) is 8.96. The summed E-state index contributed by atoms with van der Waals surface area (Å²) in [5.41, 5.74) is -1.15. The van der Waals surface area contributed by atoms with Crippen LogP contribution in [-0.4, -0.2) is 65.8 Å². The molecule has 2 bridgehead atoms. The van der Waals surface area contributed by atoms with Gasteiger partial charge in [0.05, 0.1) is 18.8 Å². The molecule has 33 heavy (non-hydrogen) atoms. The highest BCUT2D eigenvalue weighted by Crippen LogP contribution is 2.63. The second-order valence-corrected chi connectivity index (χ2v) is 8.96. The van der Waals surface area contributed by atoms with Crippen LogP contribution in [0, 0.1) is 11.6 Å². The first-order valence-electron chi connectivity index (χ1n) is 10.3. The van der Waals surface area contributed by atoms with Crippen molar-refractivity contribution in [2.45, 2.75) is 61.8 Å². The number of ketones is 1.